The van der Waals surface area contributed by atoms with Crippen molar-refractivity contribution in [1.29, 1.82) is 0 Å². The lowest BCUT2D eigenvalue weighted by Gasteiger charge is -2.35. The molecule has 1 fully saturated rings. The highest BCUT2D eigenvalue weighted by Gasteiger charge is 2.30. The molecule has 1 aliphatic rings. The van der Waals surface area contributed by atoms with Gasteiger partial charge in [0.1, 0.15) is 0 Å². The molecule has 1 saturated heterocycles. The van der Waals surface area contributed by atoms with E-state index >= 15 is 0 Å². The zero-order chi connectivity index (χ0) is 17.6. The smallest absolute Gasteiger partial charge is 0.306 e. The van der Waals surface area contributed by atoms with Crippen LogP contribution in [0.1, 0.15) is 44.6 Å². The second-order valence-electron chi connectivity index (χ2n) is 7.34. The highest BCUT2D eigenvalue weighted by molar-refractivity contribution is 5.85. The normalized spacial score (nSPS) is 17.6. The van der Waals surface area contributed by atoms with Crippen LogP contribution in [-0.4, -0.2) is 29.1 Å². The lowest BCUT2D eigenvalue weighted by atomic mass is 9.81. The maximum absolute atomic E-state index is 11.6. The summed E-state index contributed by atoms with van der Waals surface area (Å²) in [6.45, 7) is 5.10. The number of fused-ring (bicyclic) bond motifs is 1. The number of carboxylic acids is 1. The Morgan fingerprint density at radius 3 is 2.60 bits per heavy atom. The maximum Gasteiger partial charge on any atom is 0.306 e. The largest absolute Gasteiger partial charge is 0.481 e. The first-order valence-electron chi connectivity index (χ1n) is 9.61. The molecule has 1 unspecified atom stereocenters. The van der Waals surface area contributed by atoms with Crippen molar-refractivity contribution >= 4 is 16.7 Å². The van der Waals surface area contributed by atoms with Gasteiger partial charge in [-0.2, -0.15) is 0 Å². The number of piperidine rings is 1. The van der Waals surface area contributed by atoms with Gasteiger partial charge in [-0.05, 0) is 54.6 Å². The Morgan fingerprint density at radius 1 is 1.16 bits per heavy atom. The van der Waals surface area contributed by atoms with Gasteiger partial charge in [-0.15, -0.1) is 0 Å². The first-order chi connectivity index (χ1) is 12.2. The van der Waals surface area contributed by atoms with Gasteiger partial charge >= 0.3 is 5.97 Å². The van der Waals surface area contributed by atoms with E-state index in [1.54, 1.807) is 0 Å². The van der Waals surface area contributed by atoms with Gasteiger partial charge in [-0.3, -0.25) is 9.69 Å². The van der Waals surface area contributed by atoms with Crippen molar-refractivity contribution in [3.05, 3.63) is 48.0 Å². The molecule has 25 heavy (non-hydrogen) atoms. The summed E-state index contributed by atoms with van der Waals surface area (Å²) < 4.78 is 0. The van der Waals surface area contributed by atoms with Crippen LogP contribution in [0.15, 0.2) is 42.5 Å². The summed E-state index contributed by atoms with van der Waals surface area (Å²) in [6.07, 6.45) is 4.94. The van der Waals surface area contributed by atoms with E-state index < -0.39 is 5.97 Å². The highest BCUT2D eigenvalue weighted by Crippen LogP contribution is 2.30. The highest BCUT2D eigenvalue weighted by atomic mass is 16.4. The zero-order valence-corrected chi connectivity index (χ0v) is 15.2. The minimum Gasteiger partial charge on any atom is -0.481 e. The number of rotatable bonds is 7. The summed E-state index contributed by atoms with van der Waals surface area (Å²) in [5.74, 6) is -0.409. The van der Waals surface area contributed by atoms with E-state index in [9.17, 15) is 9.90 Å². The molecule has 134 valence electrons. The molecule has 0 aliphatic carbocycles. The van der Waals surface area contributed by atoms with E-state index in [-0.39, 0.29) is 5.92 Å². The average molecular weight is 339 g/mol. The molecule has 2 aromatic rings. The van der Waals surface area contributed by atoms with E-state index in [0.29, 0.717) is 5.92 Å². The zero-order valence-electron chi connectivity index (χ0n) is 15.2. The average Bonchev–Trinajstić information content (AvgIpc) is 2.63. The van der Waals surface area contributed by atoms with Crippen LogP contribution in [0.3, 0.4) is 0 Å². The van der Waals surface area contributed by atoms with Crippen molar-refractivity contribution in [1.82, 2.24) is 4.90 Å². The van der Waals surface area contributed by atoms with Crippen molar-refractivity contribution in [2.45, 2.75) is 45.6 Å². The molecule has 1 N–H and O–H groups in total. The second kappa shape index (κ2) is 8.48. The van der Waals surface area contributed by atoms with Crippen LogP contribution in [0.2, 0.25) is 0 Å². The van der Waals surface area contributed by atoms with E-state index in [1.165, 1.54) is 16.3 Å². The Morgan fingerprint density at radius 2 is 1.88 bits per heavy atom. The van der Waals surface area contributed by atoms with Gasteiger partial charge in [0.25, 0.3) is 0 Å². The van der Waals surface area contributed by atoms with Gasteiger partial charge in [0, 0.05) is 6.54 Å². The Balaban J connectivity index is 1.61. The van der Waals surface area contributed by atoms with Crippen LogP contribution in [0.5, 0.6) is 0 Å². The van der Waals surface area contributed by atoms with E-state index in [4.69, 9.17) is 0 Å². The minimum absolute atomic E-state index is 0.153. The number of unbranched alkanes of at least 4 members (excludes halogenated alkanes) is 1. The molecular weight excluding hydrogens is 310 g/mol. The van der Waals surface area contributed by atoms with Gasteiger partial charge in [-0.25, -0.2) is 0 Å². The third-order valence-electron chi connectivity index (χ3n) is 5.66. The van der Waals surface area contributed by atoms with Crippen molar-refractivity contribution < 1.29 is 9.90 Å². The molecule has 0 radical (unpaired) electrons. The molecule has 1 heterocycles. The molecule has 3 rings (SSSR count). The SMILES string of the molecule is CCCCC(C(=O)O)C1CCN(Cc2cccc3ccccc23)CC1. The maximum atomic E-state index is 11.6. The van der Waals surface area contributed by atoms with Crippen LogP contribution in [-0.2, 0) is 11.3 Å². The Hall–Kier alpha value is -1.87. The lowest BCUT2D eigenvalue weighted by molar-refractivity contribution is -0.144. The van der Waals surface area contributed by atoms with E-state index in [2.05, 4.69) is 54.3 Å². The molecule has 1 aliphatic heterocycles. The second-order valence-corrected chi connectivity index (χ2v) is 7.34. The Kier molecular flexibility index (Phi) is 6.09. The summed E-state index contributed by atoms with van der Waals surface area (Å²) in [5, 5.41) is 12.2. The minimum atomic E-state index is -0.596. The van der Waals surface area contributed by atoms with Crippen molar-refractivity contribution in [3.63, 3.8) is 0 Å². The van der Waals surface area contributed by atoms with Crippen LogP contribution >= 0.6 is 0 Å². The summed E-state index contributed by atoms with van der Waals surface area (Å²) in [6, 6.07) is 15.1. The number of carboxylic acid groups (broad SMARTS) is 1. The summed E-state index contributed by atoms with van der Waals surface area (Å²) in [4.78, 5) is 14.1. The topological polar surface area (TPSA) is 40.5 Å². The first-order valence-corrected chi connectivity index (χ1v) is 9.61. The molecule has 3 nitrogen and oxygen atoms in total. The van der Waals surface area contributed by atoms with Crippen molar-refractivity contribution in [2.24, 2.45) is 11.8 Å². The van der Waals surface area contributed by atoms with Crippen LogP contribution in [0, 0.1) is 11.8 Å². The number of carbonyl (C=O) groups is 1. The first kappa shape index (κ1) is 17.9. The van der Waals surface area contributed by atoms with E-state index in [1.807, 2.05) is 0 Å². The lowest BCUT2D eigenvalue weighted by Crippen LogP contribution is -2.37. The van der Waals surface area contributed by atoms with Gasteiger partial charge in [0.05, 0.1) is 5.92 Å². The fraction of sp³-hybridized carbons (Fsp3) is 0.500. The summed E-state index contributed by atoms with van der Waals surface area (Å²) in [5.41, 5.74) is 1.37. The molecule has 3 heteroatoms. The fourth-order valence-corrected chi connectivity index (χ4v) is 4.17. The molecule has 0 saturated carbocycles. The van der Waals surface area contributed by atoms with Gasteiger partial charge in [0.2, 0.25) is 0 Å². The number of likely N-dealkylation sites (tertiary alicyclic amines) is 1. The van der Waals surface area contributed by atoms with Gasteiger partial charge in [0.15, 0.2) is 0 Å². The molecule has 0 aromatic heterocycles. The molecule has 0 bridgehead atoms. The summed E-state index contributed by atoms with van der Waals surface area (Å²) >= 11 is 0. The predicted molar refractivity (Wildman–Crippen MR) is 103 cm³/mol. The third kappa shape index (κ3) is 4.40. The fourth-order valence-electron chi connectivity index (χ4n) is 4.17. The number of aliphatic carboxylic acids is 1. The van der Waals surface area contributed by atoms with Crippen molar-refractivity contribution in [3.8, 4) is 0 Å². The Bertz CT molecular complexity index is 699. The standard InChI is InChI=1S/C22H29NO2/c1-2-3-10-21(22(24)25)18-12-14-23(15-13-18)16-19-9-6-8-17-7-4-5-11-20(17)19/h4-9,11,18,21H,2-3,10,12-16H2,1H3,(H,24,25). The number of hydrogen-bond donors (Lipinski definition) is 1. The van der Waals surface area contributed by atoms with Crippen LogP contribution in [0.25, 0.3) is 10.8 Å². The van der Waals surface area contributed by atoms with Gasteiger partial charge < -0.3 is 5.11 Å². The number of nitrogens with zero attached hydrogens (tertiary/aromatic N) is 1. The number of benzene rings is 2. The van der Waals surface area contributed by atoms with Crippen molar-refractivity contribution in [2.75, 3.05) is 13.1 Å². The molecule has 0 spiro atoms. The quantitative estimate of drug-likeness (QED) is 0.776. The molecular formula is C22H29NO2. The van der Waals surface area contributed by atoms with Crippen LogP contribution < -0.4 is 0 Å². The van der Waals surface area contributed by atoms with Gasteiger partial charge in [-0.1, -0.05) is 62.2 Å². The number of hydrogen-bond acceptors (Lipinski definition) is 2. The Labute approximate surface area is 150 Å². The summed E-state index contributed by atoms with van der Waals surface area (Å²) in [7, 11) is 0. The molecule has 2 aromatic carbocycles. The van der Waals surface area contributed by atoms with E-state index in [0.717, 1.165) is 51.7 Å². The predicted octanol–water partition coefficient (Wildman–Crippen LogP) is 4.94. The van der Waals surface area contributed by atoms with Crippen LogP contribution in [0.4, 0.5) is 0 Å². The molecule has 0 amide bonds. The third-order valence-corrected chi connectivity index (χ3v) is 5.66. The monoisotopic (exact) mass is 339 g/mol. The molecule has 1 atom stereocenters.